The lowest BCUT2D eigenvalue weighted by Crippen LogP contribution is -2.28. The summed E-state index contributed by atoms with van der Waals surface area (Å²) < 4.78 is 5.25. The highest BCUT2D eigenvalue weighted by Crippen LogP contribution is 2.29. The van der Waals surface area contributed by atoms with Crippen molar-refractivity contribution in [1.29, 1.82) is 0 Å². The number of nitrogens with one attached hydrogen (secondary N) is 1. The van der Waals surface area contributed by atoms with Crippen LogP contribution in [0.15, 0.2) is 48.5 Å². The van der Waals surface area contributed by atoms with Crippen LogP contribution in [0.25, 0.3) is 0 Å². The first kappa shape index (κ1) is 17.8. The highest BCUT2D eigenvalue weighted by atomic mass is 16.5. The lowest BCUT2D eigenvalue weighted by atomic mass is 10.1. The average Bonchev–Trinajstić information content (AvgIpc) is 3.04. The predicted molar refractivity (Wildman–Crippen MR) is 103 cm³/mol. The number of rotatable bonds is 5. The van der Waals surface area contributed by atoms with Crippen LogP contribution in [0.4, 0.5) is 17.1 Å². The number of benzene rings is 2. The van der Waals surface area contributed by atoms with E-state index in [-0.39, 0.29) is 24.2 Å². The van der Waals surface area contributed by atoms with Gasteiger partial charge in [-0.25, -0.2) is 0 Å². The number of methoxy groups -OCH3 is 1. The van der Waals surface area contributed by atoms with Crippen LogP contribution in [0.3, 0.4) is 0 Å². The number of hydrogen-bond donors (Lipinski definition) is 1. The lowest BCUT2D eigenvalue weighted by molar-refractivity contribution is -0.122. The Morgan fingerprint density at radius 3 is 2.50 bits per heavy atom. The minimum absolute atomic E-state index is 0.0391. The third-order valence-corrected chi connectivity index (χ3v) is 4.54. The Hall–Kier alpha value is -3.02. The molecule has 0 saturated carbocycles. The number of nitrogens with zero attached hydrogens (tertiary/aromatic N) is 2. The minimum Gasteiger partial charge on any atom is -0.495 e. The van der Waals surface area contributed by atoms with Crippen LogP contribution in [-0.4, -0.2) is 39.6 Å². The van der Waals surface area contributed by atoms with Gasteiger partial charge in [-0.1, -0.05) is 12.1 Å². The largest absolute Gasteiger partial charge is 0.495 e. The topological polar surface area (TPSA) is 61.9 Å². The normalized spacial score (nSPS) is 16.5. The van der Waals surface area contributed by atoms with Crippen LogP contribution < -0.4 is 19.9 Å². The molecule has 1 unspecified atom stereocenters. The van der Waals surface area contributed by atoms with Crippen LogP contribution in [0.1, 0.15) is 6.42 Å². The van der Waals surface area contributed by atoms with Crippen molar-refractivity contribution < 1.29 is 14.3 Å². The Morgan fingerprint density at radius 2 is 1.85 bits per heavy atom. The Balaban J connectivity index is 1.69. The van der Waals surface area contributed by atoms with Gasteiger partial charge in [0.05, 0.1) is 18.7 Å². The Labute approximate surface area is 153 Å². The van der Waals surface area contributed by atoms with Crippen LogP contribution in [0.2, 0.25) is 0 Å². The molecule has 1 fully saturated rings. The number of hydrogen-bond acceptors (Lipinski definition) is 4. The standard InChI is InChI=1S/C20H23N3O3/c1-22(2)15-8-10-16(11-9-15)23-13-14(12-19(23)24)20(25)21-17-6-4-5-7-18(17)26-3/h4-11,14H,12-13H2,1-3H3,(H,21,25). The third kappa shape index (κ3) is 3.64. The van der Waals surface area contributed by atoms with Gasteiger partial charge >= 0.3 is 0 Å². The summed E-state index contributed by atoms with van der Waals surface area (Å²) in [5.74, 6) is 0.000262. The first-order valence-corrected chi connectivity index (χ1v) is 8.51. The molecular formula is C20H23N3O3. The van der Waals surface area contributed by atoms with E-state index in [4.69, 9.17) is 4.74 Å². The monoisotopic (exact) mass is 353 g/mol. The van der Waals surface area contributed by atoms with E-state index in [1.54, 1.807) is 24.1 Å². The fourth-order valence-corrected chi connectivity index (χ4v) is 3.05. The summed E-state index contributed by atoms with van der Waals surface area (Å²) in [6.45, 7) is 0.376. The van der Waals surface area contributed by atoms with E-state index in [1.807, 2.05) is 55.4 Å². The summed E-state index contributed by atoms with van der Waals surface area (Å²) in [6.07, 6.45) is 0.205. The summed E-state index contributed by atoms with van der Waals surface area (Å²) in [4.78, 5) is 28.7. The second-order valence-corrected chi connectivity index (χ2v) is 6.51. The van der Waals surface area contributed by atoms with Crippen molar-refractivity contribution in [3.63, 3.8) is 0 Å². The molecule has 6 heteroatoms. The Kier molecular flexibility index (Phi) is 5.11. The van der Waals surface area contributed by atoms with Gasteiger partial charge in [0.15, 0.2) is 0 Å². The maximum atomic E-state index is 12.6. The number of anilines is 3. The number of amides is 2. The molecule has 2 aromatic carbocycles. The molecule has 0 bridgehead atoms. The highest BCUT2D eigenvalue weighted by molar-refractivity contribution is 6.04. The molecule has 1 aliphatic rings. The zero-order chi connectivity index (χ0) is 18.7. The smallest absolute Gasteiger partial charge is 0.229 e. The quantitative estimate of drug-likeness (QED) is 0.898. The van der Waals surface area contributed by atoms with E-state index < -0.39 is 0 Å². The van der Waals surface area contributed by atoms with Crippen molar-refractivity contribution in [3.05, 3.63) is 48.5 Å². The number of ether oxygens (including phenoxy) is 1. The van der Waals surface area contributed by atoms with Gasteiger partial charge in [0.2, 0.25) is 11.8 Å². The number of carbonyl (C=O) groups excluding carboxylic acids is 2. The van der Waals surface area contributed by atoms with Crippen LogP contribution >= 0.6 is 0 Å². The molecule has 1 saturated heterocycles. The maximum absolute atomic E-state index is 12.6. The van der Waals surface area contributed by atoms with Gasteiger partial charge in [-0.05, 0) is 36.4 Å². The maximum Gasteiger partial charge on any atom is 0.229 e. The zero-order valence-corrected chi connectivity index (χ0v) is 15.2. The van der Waals surface area contributed by atoms with Gasteiger partial charge < -0.3 is 19.9 Å². The summed E-state index contributed by atoms with van der Waals surface area (Å²) >= 11 is 0. The van der Waals surface area contributed by atoms with E-state index in [0.717, 1.165) is 11.4 Å². The van der Waals surface area contributed by atoms with Crippen molar-refractivity contribution in [2.45, 2.75) is 6.42 Å². The summed E-state index contributed by atoms with van der Waals surface area (Å²) in [7, 11) is 5.49. The molecule has 136 valence electrons. The van der Waals surface area contributed by atoms with Crippen molar-refractivity contribution in [3.8, 4) is 5.75 Å². The van der Waals surface area contributed by atoms with E-state index in [0.29, 0.717) is 18.0 Å². The van der Waals surface area contributed by atoms with E-state index in [2.05, 4.69) is 5.32 Å². The molecule has 0 aliphatic carbocycles. The van der Waals surface area contributed by atoms with Crippen molar-refractivity contribution in [1.82, 2.24) is 0 Å². The third-order valence-electron chi connectivity index (χ3n) is 4.54. The number of carbonyl (C=O) groups is 2. The second kappa shape index (κ2) is 7.47. The van der Waals surface area contributed by atoms with E-state index in [9.17, 15) is 9.59 Å². The summed E-state index contributed by atoms with van der Waals surface area (Å²) in [5, 5.41) is 2.87. The average molecular weight is 353 g/mol. The first-order valence-electron chi connectivity index (χ1n) is 8.51. The minimum atomic E-state index is -0.388. The Bertz CT molecular complexity index is 802. The molecule has 0 spiro atoms. The van der Waals surface area contributed by atoms with E-state index in [1.165, 1.54) is 0 Å². The molecule has 0 aromatic heterocycles. The molecule has 26 heavy (non-hydrogen) atoms. The van der Waals surface area contributed by atoms with Crippen molar-refractivity contribution in [2.24, 2.45) is 5.92 Å². The van der Waals surface area contributed by atoms with Crippen molar-refractivity contribution in [2.75, 3.05) is 42.9 Å². The molecule has 3 rings (SSSR count). The predicted octanol–water partition coefficient (Wildman–Crippen LogP) is 2.75. The SMILES string of the molecule is COc1ccccc1NC(=O)C1CC(=O)N(c2ccc(N(C)C)cc2)C1. The molecule has 1 atom stereocenters. The first-order chi connectivity index (χ1) is 12.5. The van der Waals surface area contributed by atoms with Crippen molar-refractivity contribution >= 4 is 28.9 Å². The zero-order valence-electron chi connectivity index (χ0n) is 15.2. The molecule has 1 heterocycles. The van der Waals surface area contributed by atoms with Gasteiger partial charge in [-0.2, -0.15) is 0 Å². The summed E-state index contributed by atoms with van der Waals surface area (Å²) in [5.41, 5.74) is 2.49. The molecule has 1 aliphatic heterocycles. The van der Waals surface area contributed by atoms with Gasteiger partial charge in [0.1, 0.15) is 5.75 Å². The van der Waals surface area contributed by atoms with E-state index >= 15 is 0 Å². The highest BCUT2D eigenvalue weighted by Gasteiger charge is 2.35. The van der Waals surface area contributed by atoms with Crippen LogP contribution in [0, 0.1) is 5.92 Å². The lowest BCUT2D eigenvalue weighted by Gasteiger charge is -2.19. The van der Waals surface area contributed by atoms with Gasteiger partial charge in [0.25, 0.3) is 0 Å². The van der Waals surface area contributed by atoms with Crippen LogP contribution in [0.5, 0.6) is 5.75 Å². The molecule has 6 nitrogen and oxygen atoms in total. The Morgan fingerprint density at radius 1 is 1.15 bits per heavy atom. The molecule has 1 N–H and O–H groups in total. The fourth-order valence-electron chi connectivity index (χ4n) is 3.05. The summed E-state index contributed by atoms with van der Waals surface area (Å²) in [6, 6.07) is 15.0. The molecular weight excluding hydrogens is 330 g/mol. The van der Waals surface area contributed by atoms with Gasteiger partial charge in [-0.3, -0.25) is 9.59 Å². The van der Waals surface area contributed by atoms with Gasteiger partial charge in [0, 0.05) is 38.4 Å². The fraction of sp³-hybridized carbons (Fsp3) is 0.300. The molecule has 2 amide bonds. The number of para-hydroxylation sites is 2. The van der Waals surface area contributed by atoms with Crippen LogP contribution in [-0.2, 0) is 9.59 Å². The molecule has 2 aromatic rings. The molecule has 0 radical (unpaired) electrons. The second-order valence-electron chi connectivity index (χ2n) is 6.51. The van der Waals surface area contributed by atoms with Gasteiger partial charge in [-0.15, -0.1) is 0 Å².